The topological polar surface area (TPSA) is 23.5 Å². The monoisotopic (exact) mass is 223 g/mol. The molecule has 1 aliphatic carbocycles. The highest BCUT2D eigenvalue weighted by molar-refractivity contribution is 5.20. The molecule has 1 saturated heterocycles. The fraction of sp³-hybridized carbons (Fsp3) is 0.857. The van der Waals surface area contributed by atoms with Crippen LogP contribution in [-0.4, -0.2) is 28.7 Å². The first-order valence-corrected chi connectivity index (χ1v) is 6.79. The summed E-state index contributed by atoms with van der Waals surface area (Å²) in [6, 6.07) is 0.372. The summed E-state index contributed by atoms with van der Waals surface area (Å²) in [5, 5.41) is 9.86. The summed E-state index contributed by atoms with van der Waals surface area (Å²) in [6.07, 6.45) is 6.06. The van der Waals surface area contributed by atoms with Crippen LogP contribution in [0.4, 0.5) is 0 Å². The van der Waals surface area contributed by atoms with Crippen molar-refractivity contribution in [2.75, 3.05) is 6.54 Å². The van der Waals surface area contributed by atoms with Crippen molar-refractivity contribution in [3.63, 3.8) is 0 Å². The summed E-state index contributed by atoms with van der Waals surface area (Å²) < 4.78 is 0. The average Bonchev–Trinajstić information content (AvgIpc) is 2.95. The van der Waals surface area contributed by atoms with Gasteiger partial charge < -0.3 is 10.0 Å². The van der Waals surface area contributed by atoms with Gasteiger partial charge in [-0.3, -0.25) is 0 Å². The van der Waals surface area contributed by atoms with Gasteiger partial charge in [0.05, 0.1) is 12.1 Å². The van der Waals surface area contributed by atoms with Crippen molar-refractivity contribution in [1.82, 2.24) is 4.90 Å². The first kappa shape index (κ1) is 12.0. The molecule has 1 aliphatic heterocycles. The Balaban J connectivity index is 2.19. The Hall–Kier alpha value is -0.500. The smallest absolute Gasteiger partial charge is 0.0715 e. The number of allylic oxidation sites excluding steroid dienone is 2. The van der Waals surface area contributed by atoms with E-state index in [0.29, 0.717) is 6.04 Å². The third-order valence-electron chi connectivity index (χ3n) is 4.10. The normalized spacial score (nSPS) is 29.2. The molecule has 2 rings (SSSR count). The second kappa shape index (κ2) is 4.79. The molecule has 0 bridgehead atoms. The van der Waals surface area contributed by atoms with Crippen molar-refractivity contribution in [3.8, 4) is 0 Å². The Morgan fingerprint density at radius 2 is 2.06 bits per heavy atom. The van der Waals surface area contributed by atoms with E-state index >= 15 is 0 Å². The molecule has 2 unspecified atom stereocenters. The number of hydrogen-bond acceptors (Lipinski definition) is 2. The third kappa shape index (κ3) is 2.27. The van der Waals surface area contributed by atoms with E-state index in [1.54, 1.807) is 5.70 Å². The molecule has 2 fully saturated rings. The van der Waals surface area contributed by atoms with Gasteiger partial charge in [0.25, 0.3) is 0 Å². The highest BCUT2D eigenvalue weighted by Gasteiger charge is 2.37. The van der Waals surface area contributed by atoms with Gasteiger partial charge in [-0.2, -0.15) is 0 Å². The quantitative estimate of drug-likeness (QED) is 0.792. The zero-order valence-corrected chi connectivity index (χ0v) is 10.9. The maximum Gasteiger partial charge on any atom is 0.0715 e. The van der Waals surface area contributed by atoms with Crippen LogP contribution >= 0.6 is 0 Å². The zero-order chi connectivity index (χ0) is 11.7. The van der Waals surface area contributed by atoms with Crippen molar-refractivity contribution in [1.29, 1.82) is 0 Å². The van der Waals surface area contributed by atoms with Crippen LogP contribution in [0.1, 0.15) is 52.9 Å². The maximum absolute atomic E-state index is 9.86. The lowest BCUT2D eigenvalue weighted by Crippen LogP contribution is -2.37. The Kier molecular flexibility index (Phi) is 3.58. The number of hydrogen-bond donors (Lipinski definition) is 1. The molecule has 1 heterocycles. The minimum atomic E-state index is -0.194. The zero-order valence-electron chi connectivity index (χ0n) is 10.9. The molecule has 0 spiro atoms. The van der Waals surface area contributed by atoms with Crippen LogP contribution in [-0.2, 0) is 0 Å². The Morgan fingerprint density at radius 1 is 1.38 bits per heavy atom. The van der Waals surface area contributed by atoms with Gasteiger partial charge in [0.15, 0.2) is 0 Å². The molecule has 16 heavy (non-hydrogen) atoms. The number of nitrogens with zero attached hydrogens (tertiary/aromatic N) is 1. The van der Waals surface area contributed by atoms with Gasteiger partial charge in [-0.1, -0.05) is 12.5 Å². The van der Waals surface area contributed by atoms with E-state index in [4.69, 9.17) is 0 Å². The van der Waals surface area contributed by atoms with Gasteiger partial charge in [0, 0.05) is 12.2 Å². The van der Waals surface area contributed by atoms with Crippen molar-refractivity contribution < 1.29 is 5.11 Å². The first-order valence-electron chi connectivity index (χ1n) is 6.79. The van der Waals surface area contributed by atoms with E-state index < -0.39 is 0 Å². The lowest BCUT2D eigenvalue weighted by molar-refractivity contribution is 0.101. The van der Waals surface area contributed by atoms with Crippen molar-refractivity contribution in [3.05, 3.63) is 11.3 Å². The number of aliphatic hydroxyl groups excluding tert-OH is 1. The van der Waals surface area contributed by atoms with E-state index in [0.717, 1.165) is 25.3 Å². The van der Waals surface area contributed by atoms with E-state index in [1.807, 2.05) is 6.92 Å². The van der Waals surface area contributed by atoms with E-state index in [-0.39, 0.29) is 6.10 Å². The summed E-state index contributed by atoms with van der Waals surface area (Å²) >= 11 is 0. The van der Waals surface area contributed by atoms with Gasteiger partial charge in [0.2, 0.25) is 0 Å². The number of likely N-dealkylation sites (tertiary alicyclic amines) is 1. The molecule has 1 saturated carbocycles. The van der Waals surface area contributed by atoms with Gasteiger partial charge in [0.1, 0.15) is 0 Å². The minimum absolute atomic E-state index is 0.194. The highest BCUT2D eigenvalue weighted by Crippen LogP contribution is 2.43. The molecule has 2 aliphatic rings. The number of rotatable bonds is 4. The van der Waals surface area contributed by atoms with Crippen LogP contribution in [0.15, 0.2) is 11.3 Å². The largest absolute Gasteiger partial charge is 0.391 e. The van der Waals surface area contributed by atoms with E-state index in [1.165, 1.54) is 24.8 Å². The van der Waals surface area contributed by atoms with Gasteiger partial charge in [-0.05, 0) is 51.9 Å². The van der Waals surface area contributed by atoms with E-state index in [2.05, 4.69) is 18.7 Å². The predicted molar refractivity (Wildman–Crippen MR) is 67.1 cm³/mol. The van der Waals surface area contributed by atoms with Crippen LogP contribution in [0.3, 0.4) is 0 Å². The van der Waals surface area contributed by atoms with Gasteiger partial charge in [-0.15, -0.1) is 0 Å². The Bertz CT molecular complexity index is 278. The van der Waals surface area contributed by atoms with Crippen molar-refractivity contribution in [2.45, 2.75) is 65.0 Å². The molecule has 0 aromatic rings. The molecule has 0 aromatic heterocycles. The molecule has 2 atom stereocenters. The predicted octanol–water partition coefficient (Wildman–Crippen LogP) is 2.93. The average molecular weight is 223 g/mol. The van der Waals surface area contributed by atoms with Crippen molar-refractivity contribution in [2.24, 2.45) is 5.92 Å². The highest BCUT2D eigenvalue weighted by atomic mass is 16.3. The SMILES string of the molecule is CC/C(C)=C(\C1CC1)N1CCCC1C(C)O. The van der Waals surface area contributed by atoms with Gasteiger partial charge >= 0.3 is 0 Å². The molecule has 92 valence electrons. The van der Waals surface area contributed by atoms with Crippen LogP contribution in [0, 0.1) is 5.92 Å². The summed E-state index contributed by atoms with van der Waals surface area (Å²) in [7, 11) is 0. The molecule has 0 radical (unpaired) electrons. The molecular formula is C14H25NO. The lowest BCUT2D eigenvalue weighted by Gasteiger charge is -2.33. The van der Waals surface area contributed by atoms with Crippen LogP contribution in [0.5, 0.6) is 0 Å². The third-order valence-corrected chi connectivity index (χ3v) is 4.10. The fourth-order valence-electron chi connectivity index (χ4n) is 2.96. The fourth-order valence-corrected chi connectivity index (χ4v) is 2.96. The second-order valence-corrected chi connectivity index (χ2v) is 5.44. The minimum Gasteiger partial charge on any atom is -0.391 e. The summed E-state index contributed by atoms with van der Waals surface area (Å²) in [6.45, 7) is 7.60. The standard InChI is InChI=1S/C14H25NO/c1-4-10(2)14(12-7-8-12)15-9-5-6-13(15)11(3)16/h11-13,16H,4-9H2,1-3H3/b14-10+. The molecule has 1 N–H and O–H groups in total. The molecule has 2 nitrogen and oxygen atoms in total. The summed E-state index contributed by atoms with van der Waals surface area (Å²) in [5.74, 6) is 0.805. The molecule has 0 amide bonds. The molecular weight excluding hydrogens is 198 g/mol. The Morgan fingerprint density at radius 3 is 2.56 bits per heavy atom. The second-order valence-electron chi connectivity index (χ2n) is 5.44. The summed E-state index contributed by atoms with van der Waals surface area (Å²) in [4.78, 5) is 2.52. The molecule has 2 heteroatoms. The Labute approximate surface area is 99.3 Å². The van der Waals surface area contributed by atoms with Crippen LogP contribution < -0.4 is 0 Å². The maximum atomic E-state index is 9.86. The first-order chi connectivity index (χ1) is 7.65. The van der Waals surface area contributed by atoms with Crippen molar-refractivity contribution >= 4 is 0 Å². The summed E-state index contributed by atoms with van der Waals surface area (Å²) in [5.41, 5.74) is 3.11. The van der Waals surface area contributed by atoms with Crippen LogP contribution in [0.25, 0.3) is 0 Å². The van der Waals surface area contributed by atoms with Gasteiger partial charge in [-0.25, -0.2) is 0 Å². The van der Waals surface area contributed by atoms with Crippen LogP contribution in [0.2, 0.25) is 0 Å². The number of aliphatic hydroxyl groups is 1. The molecule has 0 aromatic carbocycles. The van der Waals surface area contributed by atoms with E-state index in [9.17, 15) is 5.11 Å². The lowest BCUT2D eigenvalue weighted by atomic mass is 10.0.